The third-order valence-corrected chi connectivity index (χ3v) is 3.50. The number of hydrogen-bond donors (Lipinski definition) is 4. The third-order valence-electron chi connectivity index (χ3n) is 3.02. The number of hydrogen-bond acceptors (Lipinski definition) is 3. The van der Waals surface area contributed by atoms with Crippen molar-refractivity contribution in [2.24, 2.45) is 5.73 Å². The molecule has 0 aliphatic carbocycles. The molecule has 0 unspecified atom stereocenters. The van der Waals surface area contributed by atoms with Crippen LogP contribution < -0.4 is 21.9 Å². The van der Waals surface area contributed by atoms with E-state index in [9.17, 15) is 4.79 Å². The molecular weight excluding hydrogens is 328 g/mol. The van der Waals surface area contributed by atoms with Gasteiger partial charge in [-0.2, -0.15) is 0 Å². The van der Waals surface area contributed by atoms with E-state index in [4.69, 9.17) is 30.2 Å². The summed E-state index contributed by atoms with van der Waals surface area (Å²) >= 11 is 9.97. The fraction of sp³-hybridized carbons (Fsp3) is 0.0625. The number of carbonyl (C=O) groups excluding carboxylic acids is 1. The largest absolute Gasteiger partial charge is 0.389 e. The van der Waals surface area contributed by atoms with Crippen molar-refractivity contribution in [2.75, 3.05) is 0 Å². The van der Waals surface area contributed by atoms with E-state index in [1.165, 1.54) is 0 Å². The highest BCUT2D eigenvalue weighted by atomic mass is 32.1. The van der Waals surface area contributed by atoms with Crippen molar-refractivity contribution in [2.45, 2.75) is 6.54 Å². The lowest BCUT2D eigenvalue weighted by Crippen LogP contribution is -2.46. The van der Waals surface area contributed by atoms with Gasteiger partial charge in [-0.25, -0.2) is 0 Å². The molecule has 0 aliphatic rings. The molecule has 5 nitrogen and oxygen atoms in total. The van der Waals surface area contributed by atoms with Gasteiger partial charge in [-0.15, -0.1) is 0 Å². The lowest BCUT2D eigenvalue weighted by molar-refractivity contribution is 0.0943. The molecular formula is C16H16N4OS2. The summed E-state index contributed by atoms with van der Waals surface area (Å²) in [6, 6.07) is 16.5. The Morgan fingerprint density at radius 1 is 0.913 bits per heavy atom. The van der Waals surface area contributed by atoms with Gasteiger partial charge in [-0.3, -0.25) is 15.6 Å². The van der Waals surface area contributed by atoms with Crippen molar-refractivity contribution in [3.8, 4) is 0 Å². The van der Waals surface area contributed by atoms with Crippen LogP contribution in [0.4, 0.5) is 0 Å². The molecule has 0 aliphatic heterocycles. The maximum atomic E-state index is 12.0. The van der Waals surface area contributed by atoms with Gasteiger partial charge in [0.1, 0.15) is 4.99 Å². The third kappa shape index (κ3) is 5.32. The van der Waals surface area contributed by atoms with E-state index in [0.717, 1.165) is 5.56 Å². The molecule has 7 heteroatoms. The quantitative estimate of drug-likeness (QED) is 0.499. The van der Waals surface area contributed by atoms with Gasteiger partial charge in [-0.1, -0.05) is 54.7 Å². The summed E-state index contributed by atoms with van der Waals surface area (Å²) in [5, 5.41) is 3.34. The Morgan fingerprint density at radius 2 is 1.52 bits per heavy atom. The Labute approximate surface area is 145 Å². The summed E-state index contributed by atoms with van der Waals surface area (Å²) in [5.74, 6) is -0.302. The second-order valence-corrected chi connectivity index (χ2v) is 5.54. The molecule has 0 saturated heterocycles. The number of rotatable bonds is 4. The monoisotopic (exact) mass is 344 g/mol. The van der Waals surface area contributed by atoms with Crippen LogP contribution in [-0.4, -0.2) is 16.0 Å². The second kappa shape index (κ2) is 8.21. The first kappa shape index (κ1) is 16.9. The van der Waals surface area contributed by atoms with Crippen molar-refractivity contribution < 1.29 is 4.79 Å². The molecule has 2 rings (SSSR count). The highest BCUT2D eigenvalue weighted by Crippen LogP contribution is 2.04. The Hall–Kier alpha value is -2.51. The smallest absolute Gasteiger partial charge is 0.269 e. The van der Waals surface area contributed by atoms with E-state index in [0.29, 0.717) is 27.8 Å². The molecule has 1 amide bonds. The number of nitrogens with one attached hydrogen (secondary N) is 3. The van der Waals surface area contributed by atoms with E-state index in [1.54, 1.807) is 24.3 Å². The predicted molar refractivity (Wildman–Crippen MR) is 98.8 cm³/mol. The maximum Gasteiger partial charge on any atom is 0.269 e. The molecule has 0 radical (unpaired) electrons. The zero-order chi connectivity index (χ0) is 16.7. The average Bonchev–Trinajstić information content (AvgIpc) is 2.58. The van der Waals surface area contributed by atoms with E-state index in [-0.39, 0.29) is 5.91 Å². The van der Waals surface area contributed by atoms with Crippen LogP contribution in [0.15, 0.2) is 54.6 Å². The van der Waals surface area contributed by atoms with Crippen molar-refractivity contribution in [3.63, 3.8) is 0 Å². The van der Waals surface area contributed by atoms with Gasteiger partial charge >= 0.3 is 0 Å². The van der Waals surface area contributed by atoms with Gasteiger partial charge in [0.2, 0.25) is 0 Å². The molecule has 0 atom stereocenters. The van der Waals surface area contributed by atoms with E-state index in [1.807, 2.05) is 30.3 Å². The minimum Gasteiger partial charge on any atom is -0.389 e. The molecule has 0 fully saturated rings. The number of nitrogens with two attached hydrogens (primary N) is 1. The zero-order valence-corrected chi connectivity index (χ0v) is 13.8. The lowest BCUT2D eigenvalue weighted by atomic mass is 10.1. The summed E-state index contributed by atoms with van der Waals surface area (Å²) in [6.45, 7) is 0.575. The SMILES string of the molecule is NC(=S)c1ccc(C(=O)NNC(=S)NCc2ccccc2)cc1. The number of carbonyl (C=O) groups is 1. The normalized spacial score (nSPS) is 9.74. The van der Waals surface area contributed by atoms with Crippen LogP contribution in [0.2, 0.25) is 0 Å². The second-order valence-electron chi connectivity index (χ2n) is 4.69. The lowest BCUT2D eigenvalue weighted by Gasteiger charge is -2.11. The molecule has 2 aromatic carbocycles. The fourth-order valence-corrected chi connectivity index (χ4v) is 2.05. The van der Waals surface area contributed by atoms with Gasteiger partial charge < -0.3 is 11.1 Å². The first-order chi connectivity index (χ1) is 11.1. The van der Waals surface area contributed by atoms with Crippen molar-refractivity contribution in [1.82, 2.24) is 16.2 Å². The zero-order valence-electron chi connectivity index (χ0n) is 12.2. The van der Waals surface area contributed by atoms with Crippen LogP contribution >= 0.6 is 24.4 Å². The van der Waals surface area contributed by atoms with Crippen LogP contribution in [-0.2, 0) is 6.54 Å². The Kier molecular flexibility index (Phi) is 6.02. The van der Waals surface area contributed by atoms with Crippen LogP contribution in [0, 0.1) is 0 Å². The van der Waals surface area contributed by atoms with Crippen LogP contribution in [0.25, 0.3) is 0 Å². The van der Waals surface area contributed by atoms with Crippen LogP contribution in [0.1, 0.15) is 21.5 Å². The maximum absolute atomic E-state index is 12.0. The Bertz CT molecular complexity index is 702. The van der Waals surface area contributed by atoms with Gasteiger partial charge in [0.05, 0.1) is 0 Å². The average molecular weight is 344 g/mol. The fourth-order valence-electron chi connectivity index (χ4n) is 1.79. The molecule has 0 spiro atoms. The minimum absolute atomic E-state index is 0.293. The summed E-state index contributed by atoms with van der Waals surface area (Å²) in [5.41, 5.74) is 13.0. The van der Waals surface area contributed by atoms with Gasteiger partial charge in [0.15, 0.2) is 5.11 Å². The number of hydrazine groups is 1. The van der Waals surface area contributed by atoms with E-state index < -0.39 is 0 Å². The van der Waals surface area contributed by atoms with Gasteiger partial charge in [0.25, 0.3) is 5.91 Å². The Balaban J connectivity index is 1.79. The topological polar surface area (TPSA) is 79.2 Å². The molecule has 23 heavy (non-hydrogen) atoms. The highest BCUT2D eigenvalue weighted by molar-refractivity contribution is 7.80. The number of amides is 1. The van der Waals surface area contributed by atoms with E-state index >= 15 is 0 Å². The summed E-state index contributed by atoms with van der Waals surface area (Å²) in [4.78, 5) is 12.3. The number of thiocarbonyl (C=S) groups is 2. The molecule has 0 heterocycles. The van der Waals surface area contributed by atoms with Crippen molar-refractivity contribution >= 4 is 40.4 Å². The summed E-state index contributed by atoms with van der Waals surface area (Å²) in [7, 11) is 0. The number of benzene rings is 2. The van der Waals surface area contributed by atoms with Crippen LogP contribution in [0.3, 0.4) is 0 Å². The van der Waals surface area contributed by atoms with Crippen molar-refractivity contribution in [3.05, 3.63) is 71.3 Å². The van der Waals surface area contributed by atoms with E-state index in [2.05, 4.69) is 16.2 Å². The standard InChI is InChI=1S/C16H16N4OS2/c17-14(22)12-6-8-13(9-7-12)15(21)19-20-16(23)18-10-11-4-2-1-3-5-11/h1-9H,10H2,(H2,17,22)(H,19,21)(H2,18,20,23). The molecule has 5 N–H and O–H groups in total. The molecule has 0 saturated carbocycles. The summed E-state index contributed by atoms with van der Waals surface area (Å²) in [6.07, 6.45) is 0. The minimum atomic E-state index is -0.302. The van der Waals surface area contributed by atoms with Crippen LogP contribution in [0.5, 0.6) is 0 Å². The molecule has 0 aromatic heterocycles. The van der Waals surface area contributed by atoms with Gasteiger partial charge in [0, 0.05) is 17.7 Å². The molecule has 0 bridgehead atoms. The molecule has 2 aromatic rings. The Morgan fingerprint density at radius 3 is 2.13 bits per heavy atom. The van der Waals surface area contributed by atoms with Gasteiger partial charge in [-0.05, 0) is 29.9 Å². The predicted octanol–water partition coefficient (Wildman–Crippen LogP) is 1.63. The molecule has 118 valence electrons. The first-order valence-electron chi connectivity index (χ1n) is 6.84. The first-order valence-corrected chi connectivity index (χ1v) is 7.66. The van der Waals surface area contributed by atoms with Crippen molar-refractivity contribution in [1.29, 1.82) is 0 Å². The summed E-state index contributed by atoms with van der Waals surface area (Å²) < 4.78 is 0. The highest BCUT2D eigenvalue weighted by Gasteiger charge is 2.06.